The Bertz CT molecular complexity index is 1300. The first-order valence-corrected chi connectivity index (χ1v) is 9.49. The van der Waals surface area contributed by atoms with Gasteiger partial charge < -0.3 is 19.0 Å². The van der Waals surface area contributed by atoms with Crippen LogP contribution in [-0.2, 0) is 6.18 Å². The Morgan fingerprint density at radius 2 is 1.90 bits per heavy atom. The van der Waals surface area contributed by atoms with Crippen LogP contribution in [0.25, 0.3) is 27.9 Å². The molecule has 0 bridgehead atoms. The molecule has 0 spiro atoms. The maximum absolute atomic E-state index is 13.3. The molecular formula is C21H17F3N4O2. The predicted molar refractivity (Wildman–Crippen MR) is 107 cm³/mol. The van der Waals surface area contributed by atoms with Crippen LogP contribution in [0.3, 0.4) is 0 Å². The number of rotatable bonds is 2. The summed E-state index contributed by atoms with van der Waals surface area (Å²) in [4.78, 5) is 18.9. The molecule has 154 valence electrons. The summed E-state index contributed by atoms with van der Waals surface area (Å²) in [6.07, 6.45) is -1.68. The van der Waals surface area contributed by atoms with Crippen LogP contribution in [0.1, 0.15) is 5.56 Å². The van der Waals surface area contributed by atoms with Crippen molar-refractivity contribution in [3.8, 4) is 11.3 Å². The van der Waals surface area contributed by atoms with Gasteiger partial charge >= 0.3 is 11.8 Å². The number of halogens is 3. The SMILES string of the molecule is O=c1oc2cc(N3CCNCC3)ccc2cc1-c1cn2cccc(C(F)(F)F)c2n1. The summed E-state index contributed by atoms with van der Waals surface area (Å²) < 4.78 is 46.6. The topological polar surface area (TPSA) is 62.8 Å². The van der Waals surface area contributed by atoms with Gasteiger partial charge in [0.25, 0.3) is 0 Å². The zero-order valence-electron chi connectivity index (χ0n) is 15.7. The summed E-state index contributed by atoms with van der Waals surface area (Å²) in [5.74, 6) is 0. The van der Waals surface area contributed by atoms with Crippen LogP contribution in [-0.4, -0.2) is 35.6 Å². The molecule has 9 heteroatoms. The number of hydrogen-bond acceptors (Lipinski definition) is 5. The molecule has 5 rings (SSSR count). The Morgan fingerprint density at radius 3 is 2.67 bits per heavy atom. The van der Waals surface area contributed by atoms with Gasteiger partial charge in [0.1, 0.15) is 11.2 Å². The van der Waals surface area contributed by atoms with Gasteiger partial charge in [-0.1, -0.05) is 0 Å². The lowest BCUT2D eigenvalue weighted by Crippen LogP contribution is -2.43. The Balaban J connectivity index is 1.59. The van der Waals surface area contributed by atoms with Gasteiger partial charge in [-0.15, -0.1) is 0 Å². The van der Waals surface area contributed by atoms with Crippen molar-refractivity contribution in [1.82, 2.24) is 14.7 Å². The number of hydrogen-bond donors (Lipinski definition) is 1. The fourth-order valence-electron chi connectivity index (χ4n) is 3.76. The fraction of sp³-hybridized carbons (Fsp3) is 0.238. The van der Waals surface area contributed by atoms with Gasteiger partial charge in [0.05, 0.1) is 16.8 Å². The van der Waals surface area contributed by atoms with Crippen LogP contribution in [0.15, 0.2) is 58.0 Å². The third-order valence-electron chi connectivity index (χ3n) is 5.27. The quantitative estimate of drug-likeness (QED) is 0.509. The van der Waals surface area contributed by atoms with Crippen LogP contribution in [0, 0.1) is 0 Å². The molecule has 0 atom stereocenters. The second-order valence-electron chi connectivity index (χ2n) is 7.18. The third kappa shape index (κ3) is 3.21. The van der Waals surface area contributed by atoms with Gasteiger partial charge in [-0.05, 0) is 30.3 Å². The number of nitrogens with one attached hydrogen (secondary N) is 1. The molecule has 0 saturated carbocycles. The van der Waals surface area contributed by atoms with E-state index in [4.69, 9.17) is 4.42 Å². The van der Waals surface area contributed by atoms with Crippen molar-refractivity contribution in [1.29, 1.82) is 0 Å². The average molecular weight is 414 g/mol. The van der Waals surface area contributed by atoms with Crippen LogP contribution >= 0.6 is 0 Å². The normalized spacial score (nSPS) is 15.2. The average Bonchev–Trinajstić information content (AvgIpc) is 3.16. The lowest BCUT2D eigenvalue weighted by atomic mass is 10.1. The number of nitrogens with zero attached hydrogens (tertiary/aromatic N) is 3. The summed E-state index contributed by atoms with van der Waals surface area (Å²) in [6.45, 7) is 3.48. The van der Waals surface area contributed by atoms with Gasteiger partial charge in [-0.25, -0.2) is 9.78 Å². The Kier molecular flexibility index (Phi) is 4.28. The maximum atomic E-state index is 13.3. The highest BCUT2D eigenvalue weighted by molar-refractivity contribution is 5.84. The zero-order valence-corrected chi connectivity index (χ0v) is 15.7. The molecule has 0 radical (unpaired) electrons. The molecule has 1 saturated heterocycles. The monoisotopic (exact) mass is 414 g/mol. The number of alkyl halides is 3. The number of aromatic nitrogens is 2. The van der Waals surface area contributed by atoms with Crippen molar-refractivity contribution in [3.05, 3.63) is 64.8 Å². The minimum absolute atomic E-state index is 0.120. The van der Waals surface area contributed by atoms with E-state index in [1.807, 2.05) is 18.2 Å². The van der Waals surface area contributed by atoms with Gasteiger partial charge in [0.2, 0.25) is 0 Å². The second kappa shape index (κ2) is 6.88. The highest BCUT2D eigenvalue weighted by atomic mass is 19.4. The lowest BCUT2D eigenvalue weighted by Gasteiger charge is -2.29. The maximum Gasteiger partial charge on any atom is 0.419 e. The largest absolute Gasteiger partial charge is 0.422 e. The molecular weight excluding hydrogens is 397 g/mol. The number of fused-ring (bicyclic) bond motifs is 2. The first-order chi connectivity index (χ1) is 14.4. The van der Waals surface area contributed by atoms with E-state index in [-0.39, 0.29) is 16.9 Å². The summed E-state index contributed by atoms with van der Waals surface area (Å²) in [7, 11) is 0. The Morgan fingerprint density at radius 1 is 1.10 bits per heavy atom. The first-order valence-electron chi connectivity index (χ1n) is 9.49. The molecule has 3 aromatic heterocycles. The summed E-state index contributed by atoms with van der Waals surface area (Å²) >= 11 is 0. The Hall–Kier alpha value is -3.33. The smallest absolute Gasteiger partial charge is 0.419 e. The number of piperazine rings is 1. The molecule has 0 aliphatic carbocycles. The highest BCUT2D eigenvalue weighted by Crippen LogP contribution is 2.33. The van der Waals surface area contributed by atoms with E-state index in [2.05, 4.69) is 15.2 Å². The molecule has 0 amide bonds. The standard InChI is InChI=1S/C21H17F3N4O2/c22-21(23,24)16-2-1-7-28-12-17(26-19(16)28)15-10-13-3-4-14(11-18(13)30-20(15)29)27-8-5-25-6-9-27/h1-4,7,10-12,25H,5-6,8-9H2. The minimum Gasteiger partial charge on any atom is -0.422 e. The van der Waals surface area contributed by atoms with Crippen LogP contribution in [0.2, 0.25) is 0 Å². The number of pyridine rings is 1. The second-order valence-corrected chi connectivity index (χ2v) is 7.18. The first kappa shape index (κ1) is 18.7. The van der Waals surface area contributed by atoms with E-state index in [1.54, 1.807) is 6.07 Å². The van der Waals surface area contributed by atoms with E-state index < -0.39 is 17.4 Å². The van der Waals surface area contributed by atoms with Crippen molar-refractivity contribution in [2.45, 2.75) is 6.18 Å². The van der Waals surface area contributed by atoms with E-state index in [9.17, 15) is 18.0 Å². The highest BCUT2D eigenvalue weighted by Gasteiger charge is 2.34. The van der Waals surface area contributed by atoms with Crippen molar-refractivity contribution in [2.75, 3.05) is 31.1 Å². The number of benzene rings is 1. The molecule has 6 nitrogen and oxygen atoms in total. The van der Waals surface area contributed by atoms with E-state index >= 15 is 0 Å². The molecule has 0 unspecified atom stereocenters. The van der Waals surface area contributed by atoms with Crippen molar-refractivity contribution in [3.63, 3.8) is 0 Å². The van der Waals surface area contributed by atoms with Gasteiger partial charge in [-0.3, -0.25) is 0 Å². The van der Waals surface area contributed by atoms with Gasteiger partial charge in [0, 0.05) is 55.7 Å². The van der Waals surface area contributed by atoms with Gasteiger partial charge in [-0.2, -0.15) is 13.2 Å². The zero-order chi connectivity index (χ0) is 20.9. The molecule has 1 aliphatic heterocycles. The molecule has 1 fully saturated rings. The molecule has 4 heterocycles. The predicted octanol–water partition coefficient (Wildman–Crippen LogP) is 3.54. The van der Waals surface area contributed by atoms with Crippen LogP contribution in [0.4, 0.5) is 18.9 Å². The summed E-state index contributed by atoms with van der Waals surface area (Å²) in [6, 6.07) is 9.47. The molecule has 1 aliphatic rings. The third-order valence-corrected chi connectivity index (χ3v) is 5.27. The van der Waals surface area contributed by atoms with Crippen LogP contribution in [0.5, 0.6) is 0 Å². The number of imidazole rings is 1. The summed E-state index contributed by atoms with van der Waals surface area (Å²) in [5, 5.41) is 3.96. The number of anilines is 1. The lowest BCUT2D eigenvalue weighted by molar-refractivity contribution is -0.136. The van der Waals surface area contributed by atoms with E-state index in [0.29, 0.717) is 11.0 Å². The fourth-order valence-corrected chi connectivity index (χ4v) is 3.76. The molecule has 1 aromatic carbocycles. The Labute approximate surface area is 168 Å². The molecule has 1 N–H and O–H groups in total. The van der Waals surface area contributed by atoms with Gasteiger partial charge in [0.15, 0.2) is 0 Å². The molecule has 30 heavy (non-hydrogen) atoms. The molecule has 4 aromatic rings. The summed E-state index contributed by atoms with van der Waals surface area (Å²) in [5.41, 5.74) is -0.114. The van der Waals surface area contributed by atoms with Crippen molar-refractivity contribution >= 4 is 22.3 Å². The van der Waals surface area contributed by atoms with Crippen molar-refractivity contribution in [2.24, 2.45) is 0 Å². The van der Waals surface area contributed by atoms with Crippen LogP contribution < -0.4 is 15.8 Å². The van der Waals surface area contributed by atoms with E-state index in [0.717, 1.165) is 37.9 Å². The minimum atomic E-state index is -4.54. The van der Waals surface area contributed by atoms with Crippen molar-refractivity contribution < 1.29 is 17.6 Å². The van der Waals surface area contributed by atoms with E-state index in [1.165, 1.54) is 22.9 Å².